The summed E-state index contributed by atoms with van der Waals surface area (Å²) in [5.74, 6) is -1.18. The number of hydrogen-bond acceptors (Lipinski definition) is 8. The summed E-state index contributed by atoms with van der Waals surface area (Å²) in [5.41, 5.74) is 2.65. The minimum absolute atomic E-state index is 0.0815. The van der Waals surface area contributed by atoms with Crippen LogP contribution >= 0.6 is 0 Å². The fraction of sp³-hybridized carbons (Fsp3) is 0.565. The summed E-state index contributed by atoms with van der Waals surface area (Å²) in [5, 5.41) is 10.7. The van der Waals surface area contributed by atoms with E-state index in [1.54, 1.807) is 19.9 Å². The fourth-order valence-corrected chi connectivity index (χ4v) is 3.58. The molecule has 0 bridgehead atoms. The number of carbonyl (C=O) groups excluding carboxylic acids is 2. The lowest BCUT2D eigenvalue weighted by Gasteiger charge is -2.26. The summed E-state index contributed by atoms with van der Waals surface area (Å²) < 4.78 is 52.9. The first-order chi connectivity index (χ1) is 16.4. The molecule has 0 radical (unpaired) electrons. The average Bonchev–Trinajstić information content (AvgIpc) is 3.21. The van der Waals surface area contributed by atoms with Gasteiger partial charge in [-0.2, -0.15) is 0 Å². The maximum atomic E-state index is 12.3. The van der Waals surface area contributed by atoms with Crippen molar-refractivity contribution in [3.63, 3.8) is 0 Å². The highest BCUT2D eigenvalue weighted by atomic mass is 16.5. The molecule has 1 aromatic carbocycles. The van der Waals surface area contributed by atoms with Gasteiger partial charge in [-0.25, -0.2) is 4.79 Å². The average molecular weight is 438 g/mol. The van der Waals surface area contributed by atoms with Crippen LogP contribution in [0.1, 0.15) is 52.3 Å². The second-order valence-electron chi connectivity index (χ2n) is 7.46. The van der Waals surface area contributed by atoms with E-state index >= 15 is 0 Å². The number of phenolic OH excluding ortho intramolecular Hbond substituents is 1. The summed E-state index contributed by atoms with van der Waals surface area (Å²) in [6, 6.07) is 0. The lowest BCUT2D eigenvalue weighted by molar-refractivity contribution is -0.144. The van der Waals surface area contributed by atoms with E-state index in [9.17, 15) is 14.7 Å². The molecule has 170 valence electrons. The molecule has 0 atom stereocenters. The first kappa shape index (κ1) is 18.0. The largest absolute Gasteiger partial charge is 0.507 e. The highest BCUT2D eigenvalue weighted by molar-refractivity contribution is 5.98. The standard InChI is InChI=1S/C23H31NO7/c1-15(5-7-19(25)30-13-10-24-8-11-29-12-9-24)4-6-17-21(26)20-18(14-31-23(20)27)16(2)22(17)28-3/h4,26H,5-14H2,1-3H3/i10D2,13D2. The Balaban J connectivity index is 1.63. The van der Waals surface area contributed by atoms with Crippen LogP contribution in [0.4, 0.5) is 0 Å². The van der Waals surface area contributed by atoms with Gasteiger partial charge in [-0.1, -0.05) is 11.6 Å². The number of aromatic hydroxyl groups is 1. The molecular formula is C23H31NO7. The van der Waals surface area contributed by atoms with E-state index in [1.807, 2.05) is 0 Å². The van der Waals surface area contributed by atoms with E-state index in [4.69, 9.17) is 24.4 Å². The van der Waals surface area contributed by atoms with Crippen molar-refractivity contribution in [1.29, 1.82) is 0 Å². The van der Waals surface area contributed by atoms with E-state index in [0.717, 1.165) is 5.57 Å². The Morgan fingerprint density at radius 1 is 1.32 bits per heavy atom. The van der Waals surface area contributed by atoms with E-state index < -0.39 is 25.0 Å². The highest BCUT2D eigenvalue weighted by Crippen LogP contribution is 2.42. The number of esters is 2. The second kappa shape index (κ2) is 10.6. The number of phenols is 1. The zero-order chi connectivity index (χ0) is 26.0. The summed E-state index contributed by atoms with van der Waals surface area (Å²) in [7, 11) is 1.48. The van der Waals surface area contributed by atoms with Gasteiger partial charge in [-0.05, 0) is 32.3 Å². The molecule has 2 heterocycles. The lowest BCUT2D eigenvalue weighted by atomic mass is 9.94. The Morgan fingerprint density at radius 3 is 2.77 bits per heavy atom. The van der Waals surface area contributed by atoms with Gasteiger partial charge in [-0.3, -0.25) is 9.69 Å². The molecule has 3 rings (SSSR count). The van der Waals surface area contributed by atoms with Gasteiger partial charge in [0.15, 0.2) is 0 Å². The van der Waals surface area contributed by atoms with Crippen LogP contribution < -0.4 is 4.74 Å². The van der Waals surface area contributed by atoms with Gasteiger partial charge < -0.3 is 24.1 Å². The molecule has 0 saturated carbocycles. The van der Waals surface area contributed by atoms with Crippen molar-refractivity contribution in [3.8, 4) is 11.5 Å². The molecule has 1 fully saturated rings. The maximum absolute atomic E-state index is 12.3. The number of ether oxygens (including phenoxy) is 4. The van der Waals surface area contributed by atoms with Gasteiger partial charge in [0.1, 0.15) is 30.2 Å². The highest BCUT2D eigenvalue weighted by Gasteiger charge is 2.31. The van der Waals surface area contributed by atoms with E-state index in [0.29, 0.717) is 22.4 Å². The van der Waals surface area contributed by atoms with Crippen LogP contribution in [0.3, 0.4) is 0 Å². The number of rotatable bonds is 9. The predicted octanol–water partition coefficient (Wildman–Crippen LogP) is 2.52. The maximum Gasteiger partial charge on any atom is 0.342 e. The van der Waals surface area contributed by atoms with E-state index in [1.165, 1.54) is 12.0 Å². The third kappa shape index (κ3) is 5.57. The summed E-state index contributed by atoms with van der Waals surface area (Å²) in [6.07, 6.45) is 2.10. The molecule has 8 heteroatoms. The van der Waals surface area contributed by atoms with Crippen molar-refractivity contribution < 1.29 is 39.1 Å². The number of carbonyl (C=O) groups is 2. The van der Waals surface area contributed by atoms with Gasteiger partial charge in [0.2, 0.25) is 0 Å². The number of allylic oxidation sites excluding steroid dienone is 2. The van der Waals surface area contributed by atoms with Crippen LogP contribution in [0.2, 0.25) is 0 Å². The Kier molecular flexibility index (Phi) is 6.19. The van der Waals surface area contributed by atoms with Crippen LogP contribution in [0.25, 0.3) is 0 Å². The molecule has 1 N–H and O–H groups in total. The number of nitrogens with zero attached hydrogens (tertiary/aromatic N) is 1. The topological polar surface area (TPSA) is 94.5 Å². The monoisotopic (exact) mass is 437 g/mol. The van der Waals surface area contributed by atoms with Crippen LogP contribution in [0.5, 0.6) is 11.5 Å². The Morgan fingerprint density at radius 2 is 2.06 bits per heavy atom. The molecule has 0 amide bonds. The number of methoxy groups -OCH3 is 1. The molecule has 2 aliphatic rings. The van der Waals surface area contributed by atoms with Crippen molar-refractivity contribution in [1.82, 2.24) is 4.90 Å². The number of fused-ring (bicyclic) bond motifs is 1. The summed E-state index contributed by atoms with van der Waals surface area (Å²) >= 11 is 0. The number of hydrogen-bond donors (Lipinski definition) is 1. The molecule has 0 unspecified atom stereocenters. The summed E-state index contributed by atoms with van der Waals surface area (Å²) in [6.45, 7) is -0.752. The minimum atomic E-state index is -2.84. The quantitative estimate of drug-likeness (QED) is 0.465. The van der Waals surface area contributed by atoms with Crippen LogP contribution in [0, 0.1) is 6.92 Å². The molecule has 1 aromatic rings. The molecule has 8 nitrogen and oxygen atoms in total. The predicted molar refractivity (Wildman–Crippen MR) is 113 cm³/mol. The molecule has 2 aliphatic heterocycles. The molecular weight excluding hydrogens is 402 g/mol. The molecule has 0 aromatic heterocycles. The molecule has 31 heavy (non-hydrogen) atoms. The summed E-state index contributed by atoms with van der Waals surface area (Å²) in [4.78, 5) is 25.6. The Labute approximate surface area is 188 Å². The molecule has 0 aliphatic carbocycles. The van der Waals surface area contributed by atoms with Gasteiger partial charge in [0, 0.05) is 39.9 Å². The Bertz CT molecular complexity index is 1020. The Hall–Kier alpha value is -2.58. The van der Waals surface area contributed by atoms with E-state index in [2.05, 4.69) is 0 Å². The third-order valence-corrected chi connectivity index (χ3v) is 5.41. The SMILES string of the molecule is [2H]C([2H])(OC(=O)CCC(C)=CCc1c(O)c2c(c(C)c1OC)COC2=O)C([2H])([2H])N1CCOCC1. The van der Waals surface area contributed by atoms with E-state index in [-0.39, 0.29) is 63.5 Å². The number of morpholine rings is 1. The van der Waals surface area contributed by atoms with Crippen molar-refractivity contribution >= 4 is 11.9 Å². The van der Waals surface area contributed by atoms with Crippen molar-refractivity contribution in [2.45, 2.75) is 39.7 Å². The third-order valence-electron chi connectivity index (χ3n) is 5.41. The minimum Gasteiger partial charge on any atom is -0.507 e. The van der Waals surface area contributed by atoms with Gasteiger partial charge in [-0.15, -0.1) is 0 Å². The molecule has 1 saturated heterocycles. The normalized spacial score (nSPS) is 19.6. The molecule has 0 spiro atoms. The van der Waals surface area contributed by atoms with Gasteiger partial charge in [0.05, 0.1) is 23.1 Å². The number of cyclic esters (lactones) is 1. The first-order valence-electron chi connectivity index (χ1n) is 12.2. The zero-order valence-electron chi connectivity index (χ0n) is 22.1. The van der Waals surface area contributed by atoms with Gasteiger partial charge in [0.25, 0.3) is 0 Å². The number of benzene rings is 1. The van der Waals surface area contributed by atoms with Crippen LogP contribution in [-0.2, 0) is 32.0 Å². The van der Waals surface area contributed by atoms with Crippen LogP contribution in [0.15, 0.2) is 11.6 Å². The fourth-order valence-electron chi connectivity index (χ4n) is 3.58. The first-order valence-corrected chi connectivity index (χ1v) is 10.2. The van der Waals surface area contributed by atoms with Crippen molar-refractivity contribution in [2.24, 2.45) is 0 Å². The van der Waals surface area contributed by atoms with Crippen LogP contribution in [-0.4, -0.2) is 68.4 Å². The zero-order valence-corrected chi connectivity index (χ0v) is 18.1. The van der Waals surface area contributed by atoms with Crippen molar-refractivity contribution in [2.75, 3.05) is 46.5 Å². The van der Waals surface area contributed by atoms with Gasteiger partial charge >= 0.3 is 11.9 Å². The van der Waals surface area contributed by atoms with Crippen molar-refractivity contribution in [3.05, 3.63) is 33.9 Å². The smallest absolute Gasteiger partial charge is 0.342 e. The lowest BCUT2D eigenvalue weighted by Crippen LogP contribution is -2.38. The second-order valence-corrected chi connectivity index (χ2v) is 7.46.